The van der Waals surface area contributed by atoms with Crippen molar-refractivity contribution < 1.29 is 8.42 Å². The molecule has 0 saturated heterocycles. The topological polar surface area (TPSA) is 63.4 Å². The fourth-order valence-corrected chi connectivity index (χ4v) is 5.01. The molecule has 4 nitrogen and oxygen atoms in total. The molecule has 1 aromatic rings. The monoisotopic (exact) mass is 288 g/mol. The number of hydrogen-bond donors (Lipinski definition) is 1. The third-order valence-electron chi connectivity index (χ3n) is 3.47. The van der Waals surface area contributed by atoms with E-state index in [-0.39, 0.29) is 0 Å². The smallest absolute Gasteiger partial charge is 0.252 e. The van der Waals surface area contributed by atoms with E-state index < -0.39 is 10.0 Å². The van der Waals surface area contributed by atoms with E-state index in [1.54, 1.807) is 16.4 Å². The SMILES string of the molecule is CCN(CC1CCC1)S(=O)(=O)c1ccc(CN)s1. The maximum atomic E-state index is 12.5. The molecule has 1 aliphatic carbocycles. The molecule has 102 valence electrons. The van der Waals surface area contributed by atoms with E-state index in [1.807, 2.05) is 6.92 Å². The zero-order valence-electron chi connectivity index (χ0n) is 10.6. The molecule has 6 heteroatoms. The lowest BCUT2D eigenvalue weighted by Crippen LogP contribution is -2.36. The van der Waals surface area contributed by atoms with Crippen LogP contribution in [-0.4, -0.2) is 25.8 Å². The first-order chi connectivity index (χ1) is 8.57. The molecule has 2 rings (SSSR count). The van der Waals surface area contributed by atoms with Crippen LogP contribution in [0.1, 0.15) is 31.1 Å². The molecule has 0 bridgehead atoms. The standard InChI is InChI=1S/C12H20N2O2S2/c1-2-14(9-10-4-3-5-10)18(15,16)12-7-6-11(8-13)17-12/h6-7,10H,2-5,8-9,13H2,1H3. The first-order valence-electron chi connectivity index (χ1n) is 6.37. The molecule has 0 aromatic carbocycles. The molecule has 18 heavy (non-hydrogen) atoms. The van der Waals surface area contributed by atoms with Crippen LogP contribution in [0.25, 0.3) is 0 Å². The molecule has 1 fully saturated rings. The molecule has 2 N–H and O–H groups in total. The summed E-state index contributed by atoms with van der Waals surface area (Å²) in [5, 5.41) is 0. The summed E-state index contributed by atoms with van der Waals surface area (Å²) in [6, 6.07) is 3.47. The van der Waals surface area contributed by atoms with Gasteiger partial charge in [0.1, 0.15) is 4.21 Å². The normalized spacial score (nSPS) is 17.1. The van der Waals surface area contributed by atoms with Gasteiger partial charge in [-0.1, -0.05) is 13.3 Å². The molecule has 0 radical (unpaired) electrons. The van der Waals surface area contributed by atoms with Crippen molar-refractivity contribution in [1.82, 2.24) is 4.31 Å². The predicted molar refractivity (Wildman–Crippen MR) is 74.0 cm³/mol. The van der Waals surface area contributed by atoms with Crippen LogP contribution in [0.2, 0.25) is 0 Å². The van der Waals surface area contributed by atoms with Gasteiger partial charge < -0.3 is 5.73 Å². The molecule has 0 aliphatic heterocycles. The summed E-state index contributed by atoms with van der Waals surface area (Å²) in [4.78, 5) is 0.910. The Morgan fingerprint density at radius 3 is 2.61 bits per heavy atom. The van der Waals surface area contributed by atoms with Crippen LogP contribution in [0.3, 0.4) is 0 Å². The average molecular weight is 288 g/mol. The molecule has 0 spiro atoms. The van der Waals surface area contributed by atoms with E-state index in [0.717, 1.165) is 17.7 Å². The van der Waals surface area contributed by atoms with Gasteiger partial charge in [0.15, 0.2) is 0 Å². The van der Waals surface area contributed by atoms with E-state index in [0.29, 0.717) is 29.8 Å². The molecule has 1 aliphatic rings. The number of nitrogens with two attached hydrogens (primary N) is 1. The van der Waals surface area contributed by atoms with Gasteiger partial charge in [0, 0.05) is 24.5 Å². The maximum Gasteiger partial charge on any atom is 0.252 e. The minimum atomic E-state index is -3.32. The third kappa shape index (κ3) is 2.77. The van der Waals surface area contributed by atoms with Gasteiger partial charge in [-0.15, -0.1) is 11.3 Å². The van der Waals surface area contributed by atoms with Crippen molar-refractivity contribution >= 4 is 21.4 Å². The Kier molecular flexibility index (Phi) is 4.42. The Hall–Kier alpha value is -0.430. The second kappa shape index (κ2) is 5.69. The molecule has 0 amide bonds. The van der Waals surface area contributed by atoms with Crippen molar-refractivity contribution in [2.75, 3.05) is 13.1 Å². The van der Waals surface area contributed by atoms with Crippen LogP contribution in [0.15, 0.2) is 16.3 Å². The van der Waals surface area contributed by atoms with Crippen molar-refractivity contribution in [3.05, 3.63) is 17.0 Å². The van der Waals surface area contributed by atoms with Crippen LogP contribution in [0, 0.1) is 5.92 Å². The van der Waals surface area contributed by atoms with Crippen molar-refractivity contribution in [3.63, 3.8) is 0 Å². The van der Waals surface area contributed by atoms with Gasteiger partial charge in [0.05, 0.1) is 0 Å². The Balaban J connectivity index is 2.16. The van der Waals surface area contributed by atoms with Gasteiger partial charge in [-0.3, -0.25) is 0 Å². The number of rotatable bonds is 6. The van der Waals surface area contributed by atoms with Crippen LogP contribution < -0.4 is 5.73 Å². The van der Waals surface area contributed by atoms with Gasteiger partial charge >= 0.3 is 0 Å². The maximum absolute atomic E-state index is 12.5. The zero-order valence-corrected chi connectivity index (χ0v) is 12.3. The minimum absolute atomic E-state index is 0.398. The highest BCUT2D eigenvalue weighted by atomic mass is 32.2. The quantitative estimate of drug-likeness (QED) is 0.871. The fourth-order valence-electron chi connectivity index (χ4n) is 2.09. The molecule has 0 unspecified atom stereocenters. The summed E-state index contributed by atoms with van der Waals surface area (Å²) in [6.45, 7) is 3.49. The summed E-state index contributed by atoms with van der Waals surface area (Å²) < 4.78 is 26.9. The fraction of sp³-hybridized carbons (Fsp3) is 0.667. The second-order valence-electron chi connectivity index (χ2n) is 4.68. The number of sulfonamides is 1. The Bertz CT molecular complexity index is 492. The number of thiophene rings is 1. The van der Waals surface area contributed by atoms with Crippen LogP contribution in [0.5, 0.6) is 0 Å². The first kappa shape index (κ1) is 14.0. The van der Waals surface area contributed by atoms with E-state index >= 15 is 0 Å². The Morgan fingerprint density at radius 2 is 2.17 bits per heavy atom. The summed E-state index contributed by atoms with van der Waals surface area (Å²) in [6.07, 6.45) is 3.55. The summed E-state index contributed by atoms with van der Waals surface area (Å²) in [5.41, 5.74) is 5.53. The average Bonchev–Trinajstić information content (AvgIpc) is 2.76. The largest absolute Gasteiger partial charge is 0.326 e. The van der Waals surface area contributed by atoms with Gasteiger partial charge in [0.25, 0.3) is 10.0 Å². The summed E-state index contributed by atoms with van der Waals surface area (Å²) >= 11 is 1.28. The van der Waals surface area contributed by atoms with Gasteiger partial charge in [-0.25, -0.2) is 8.42 Å². The van der Waals surface area contributed by atoms with E-state index in [1.165, 1.54) is 17.8 Å². The van der Waals surface area contributed by atoms with Gasteiger partial charge in [-0.05, 0) is 30.9 Å². The van der Waals surface area contributed by atoms with E-state index in [4.69, 9.17) is 5.73 Å². The lowest BCUT2D eigenvalue weighted by atomic mass is 9.85. The Morgan fingerprint density at radius 1 is 1.44 bits per heavy atom. The summed E-state index contributed by atoms with van der Waals surface area (Å²) in [7, 11) is -3.32. The first-order valence-corrected chi connectivity index (χ1v) is 8.62. The zero-order chi connectivity index (χ0) is 13.2. The van der Waals surface area contributed by atoms with Gasteiger partial charge in [-0.2, -0.15) is 4.31 Å². The molecule has 1 saturated carbocycles. The summed E-state index contributed by atoms with van der Waals surface area (Å²) in [5.74, 6) is 0.550. The van der Waals surface area contributed by atoms with Crippen molar-refractivity contribution in [1.29, 1.82) is 0 Å². The molecule has 1 aromatic heterocycles. The molecule has 0 atom stereocenters. The van der Waals surface area contributed by atoms with E-state index in [9.17, 15) is 8.42 Å². The van der Waals surface area contributed by atoms with Crippen LogP contribution in [0.4, 0.5) is 0 Å². The highest BCUT2D eigenvalue weighted by Gasteiger charge is 2.29. The molecular formula is C12H20N2O2S2. The number of nitrogens with zero attached hydrogens (tertiary/aromatic N) is 1. The molecule has 1 heterocycles. The predicted octanol–water partition coefficient (Wildman–Crippen LogP) is 2.02. The van der Waals surface area contributed by atoms with Crippen molar-refractivity contribution in [2.45, 2.75) is 36.9 Å². The highest BCUT2D eigenvalue weighted by Crippen LogP contribution is 2.30. The van der Waals surface area contributed by atoms with Crippen LogP contribution >= 0.6 is 11.3 Å². The lowest BCUT2D eigenvalue weighted by Gasteiger charge is -2.30. The lowest BCUT2D eigenvalue weighted by molar-refractivity contribution is 0.250. The Labute approximate surface area is 113 Å². The van der Waals surface area contributed by atoms with Crippen LogP contribution in [-0.2, 0) is 16.6 Å². The van der Waals surface area contributed by atoms with E-state index in [2.05, 4.69) is 0 Å². The van der Waals surface area contributed by atoms with Gasteiger partial charge in [0.2, 0.25) is 0 Å². The molecular weight excluding hydrogens is 268 g/mol. The second-order valence-corrected chi connectivity index (χ2v) is 8.01. The number of hydrogen-bond acceptors (Lipinski definition) is 4. The van der Waals surface area contributed by atoms with Crippen molar-refractivity contribution in [3.8, 4) is 0 Å². The van der Waals surface area contributed by atoms with Crippen molar-refractivity contribution in [2.24, 2.45) is 11.7 Å². The third-order valence-corrected chi connectivity index (χ3v) is 6.99. The minimum Gasteiger partial charge on any atom is -0.326 e. The highest BCUT2D eigenvalue weighted by molar-refractivity contribution is 7.91.